The van der Waals surface area contributed by atoms with Crippen LogP contribution in [0.3, 0.4) is 0 Å². The molecule has 3 rings (SSSR count). The summed E-state index contributed by atoms with van der Waals surface area (Å²) in [7, 11) is 0. The summed E-state index contributed by atoms with van der Waals surface area (Å²) in [5.41, 5.74) is 3.32. The third-order valence-electron chi connectivity index (χ3n) is 3.43. The number of nitro benzene ring substituents is 1. The Balaban J connectivity index is 1.87. The molecular formula is C18H13ClN2O2. The third kappa shape index (κ3) is 3.49. The van der Waals surface area contributed by atoms with Crippen LogP contribution in [0.15, 0.2) is 72.8 Å². The van der Waals surface area contributed by atoms with Crippen molar-refractivity contribution in [3.8, 4) is 11.1 Å². The van der Waals surface area contributed by atoms with Crippen molar-refractivity contribution in [2.45, 2.75) is 0 Å². The van der Waals surface area contributed by atoms with Gasteiger partial charge in [0.25, 0.3) is 5.69 Å². The van der Waals surface area contributed by atoms with Crippen LogP contribution >= 0.6 is 11.6 Å². The maximum absolute atomic E-state index is 11.1. The second-order valence-corrected chi connectivity index (χ2v) is 5.42. The van der Waals surface area contributed by atoms with Crippen LogP contribution in [-0.2, 0) is 0 Å². The molecule has 0 aliphatic carbocycles. The highest BCUT2D eigenvalue weighted by Gasteiger charge is 2.14. The maximum atomic E-state index is 11.1. The van der Waals surface area contributed by atoms with Crippen molar-refractivity contribution in [2.75, 3.05) is 5.32 Å². The number of nitrogens with one attached hydrogen (secondary N) is 1. The van der Waals surface area contributed by atoms with E-state index in [2.05, 4.69) is 5.32 Å². The maximum Gasteiger partial charge on any atom is 0.292 e. The van der Waals surface area contributed by atoms with Gasteiger partial charge < -0.3 is 5.32 Å². The summed E-state index contributed by atoms with van der Waals surface area (Å²) in [6, 6.07) is 22.1. The average molecular weight is 325 g/mol. The first-order valence-electron chi connectivity index (χ1n) is 7.00. The van der Waals surface area contributed by atoms with E-state index in [0.717, 1.165) is 16.8 Å². The van der Waals surface area contributed by atoms with Crippen LogP contribution < -0.4 is 5.32 Å². The van der Waals surface area contributed by atoms with Crippen LogP contribution in [0.5, 0.6) is 0 Å². The number of anilines is 2. The number of nitrogens with zero attached hydrogens (tertiary/aromatic N) is 1. The van der Waals surface area contributed by atoms with Gasteiger partial charge in [-0.05, 0) is 35.4 Å². The second kappa shape index (κ2) is 6.50. The van der Waals surface area contributed by atoms with Crippen molar-refractivity contribution in [1.82, 2.24) is 0 Å². The van der Waals surface area contributed by atoms with Gasteiger partial charge in [-0.15, -0.1) is 0 Å². The van der Waals surface area contributed by atoms with Gasteiger partial charge in [0, 0.05) is 16.8 Å². The van der Waals surface area contributed by atoms with Crippen LogP contribution in [0.25, 0.3) is 11.1 Å². The number of hydrogen-bond acceptors (Lipinski definition) is 3. The van der Waals surface area contributed by atoms with Gasteiger partial charge in [-0.1, -0.05) is 54.1 Å². The van der Waals surface area contributed by atoms with E-state index in [9.17, 15) is 10.1 Å². The molecule has 4 nitrogen and oxygen atoms in total. The van der Waals surface area contributed by atoms with Crippen molar-refractivity contribution >= 4 is 28.7 Å². The number of nitro groups is 1. The van der Waals surface area contributed by atoms with Crippen molar-refractivity contribution < 1.29 is 4.92 Å². The zero-order valence-electron chi connectivity index (χ0n) is 12.1. The van der Waals surface area contributed by atoms with E-state index in [-0.39, 0.29) is 5.69 Å². The highest BCUT2D eigenvalue weighted by molar-refractivity contribution is 6.31. The van der Waals surface area contributed by atoms with Gasteiger partial charge >= 0.3 is 0 Å². The lowest BCUT2D eigenvalue weighted by molar-refractivity contribution is -0.383. The summed E-state index contributed by atoms with van der Waals surface area (Å²) in [6.45, 7) is 0. The topological polar surface area (TPSA) is 55.2 Å². The molecule has 5 heteroatoms. The first-order valence-corrected chi connectivity index (χ1v) is 7.38. The standard InChI is InChI=1S/C18H13ClN2O2/c19-15-8-11-18(21(22)23)17(12-15)20-16-9-6-14(7-10-16)13-4-2-1-3-5-13/h1-12,20H. The number of rotatable bonds is 4. The summed E-state index contributed by atoms with van der Waals surface area (Å²) in [4.78, 5) is 10.7. The van der Waals surface area contributed by atoms with Gasteiger partial charge in [0.1, 0.15) is 5.69 Å². The normalized spacial score (nSPS) is 10.3. The van der Waals surface area contributed by atoms with Crippen molar-refractivity contribution in [3.63, 3.8) is 0 Å². The minimum Gasteiger partial charge on any atom is -0.350 e. The van der Waals surface area contributed by atoms with Crippen molar-refractivity contribution in [1.29, 1.82) is 0 Å². The lowest BCUT2D eigenvalue weighted by atomic mass is 10.1. The van der Waals surface area contributed by atoms with E-state index in [1.54, 1.807) is 6.07 Å². The largest absolute Gasteiger partial charge is 0.350 e. The average Bonchev–Trinajstić information content (AvgIpc) is 2.56. The number of hydrogen-bond donors (Lipinski definition) is 1. The number of benzene rings is 3. The summed E-state index contributed by atoms with van der Waals surface area (Å²) >= 11 is 5.93. The molecule has 0 saturated carbocycles. The molecule has 0 aliphatic heterocycles. The molecule has 1 N–H and O–H groups in total. The molecule has 0 saturated heterocycles. The minimum atomic E-state index is -0.434. The fourth-order valence-corrected chi connectivity index (χ4v) is 2.47. The molecule has 0 unspecified atom stereocenters. The van der Waals surface area contributed by atoms with Crippen molar-refractivity contribution in [3.05, 3.63) is 87.9 Å². The fourth-order valence-electron chi connectivity index (χ4n) is 2.30. The molecule has 0 radical (unpaired) electrons. The molecule has 0 atom stereocenters. The molecule has 114 valence electrons. The van der Waals surface area contributed by atoms with Crippen LogP contribution in [0.2, 0.25) is 5.02 Å². The molecule has 0 spiro atoms. The SMILES string of the molecule is O=[N+]([O-])c1ccc(Cl)cc1Nc1ccc(-c2ccccc2)cc1. The van der Waals surface area contributed by atoms with E-state index in [4.69, 9.17) is 11.6 Å². The first kappa shape index (κ1) is 15.1. The molecule has 0 heterocycles. The Hall–Kier alpha value is -2.85. The van der Waals surface area contributed by atoms with Crippen LogP contribution in [-0.4, -0.2) is 4.92 Å². The van der Waals surface area contributed by atoms with Gasteiger partial charge in [0.2, 0.25) is 0 Å². The zero-order chi connectivity index (χ0) is 16.2. The third-order valence-corrected chi connectivity index (χ3v) is 3.66. The summed E-state index contributed by atoms with van der Waals surface area (Å²) in [5, 5.41) is 14.6. The minimum absolute atomic E-state index is 0.0125. The van der Waals surface area contributed by atoms with Crippen LogP contribution in [0.1, 0.15) is 0 Å². The summed E-state index contributed by atoms with van der Waals surface area (Å²) < 4.78 is 0. The molecule has 0 bridgehead atoms. The Morgan fingerprint density at radius 2 is 1.52 bits per heavy atom. The fraction of sp³-hybridized carbons (Fsp3) is 0. The van der Waals surface area contributed by atoms with Gasteiger partial charge in [-0.2, -0.15) is 0 Å². The lowest BCUT2D eigenvalue weighted by Gasteiger charge is -2.09. The predicted molar refractivity (Wildman–Crippen MR) is 93.3 cm³/mol. The lowest BCUT2D eigenvalue weighted by Crippen LogP contribution is -1.97. The van der Waals surface area contributed by atoms with E-state index in [1.807, 2.05) is 54.6 Å². The highest BCUT2D eigenvalue weighted by Crippen LogP contribution is 2.31. The monoisotopic (exact) mass is 324 g/mol. The molecular weight excluding hydrogens is 312 g/mol. The molecule has 0 fully saturated rings. The smallest absolute Gasteiger partial charge is 0.292 e. The zero-order valence-corrected chi connectivity index (χ0v) is 12.8. The molecule has 0 aliphatic rings. The molecule has 0 aromatic heterocycles. The quantitative estimate of drug-likeness (QED) is 0.497. The second-order valence-electron chi connectivity index (χ2n) is 4.99. The Morgan fingerprint density at radius 3 is 2.17 bits per heavy atom. The predicted octanol–water partition coefficient (Wildman–Crippen LogP) is 5.66. The van der Waals surface area contributed by atoms with Crippen LogP contribution in [0, 0.1) is 10.1 Å². The molecule has 0 amide bonds. The Labute approximate surface area is 138 Å². The molecule has 3 aromatic carbocycles. The van der Waals surface area contributed by atoms with Crippen LogP contribution in [0.4, 0.5) is 17.1 Å². The van der Waals surface area contributed by atoms with E-state index in [1.165, 1.54) is 12.1 Å². The van der Waals surface area contributed by atoms with Gasteiger partial charge in [0.05, 0.1) is 4.92 Å². The van der Waals surface area contributed by atoms with Crippen molar-refractivity contribution in [2.24, 2.45) is 0 Å². The van der Waals surface area contributed by atoms with E-state index < -0.39 is 4.92 Å². The van der Waals surface area contributed by atoms with Gasteiger partial charge in [-0.25, -0.2) is 0 Å². The Bertz CT molecular complexity index is 833. The Kier molecular flexibility index (Phi) is 4.26. The first-order chi connectivity index (χ1) is 11.1. The van der Waals surface area contributed by atoms with E-state index in [0.29, 0.717) is 10.7 Å². The molecule has 23 heavy (non-hydrogen) atoms. The summed E-state index contributed by atoms with van der Waals surface area (Å²) in [6.07, 6.45) is 0. The Morgan fingerprint density at radius 1 is 0.870 bits per heavy atom. The molecule has 3 aromatic rings. The van der Waals surface area contributed by atoms with Gasteiger partial charge in [0.15, 0.2) is 0 Å². The van der Waals surface area contributed by atoms with E-state index >= 15 is 0 Å². The summed E-state index contributed by atoms with van der Waals surface area (Å²) in [5.74, 6) is 0. The number of halogens is 1. The highest BCUT2D eigenvalue weighted by atomic mass is 35.5. The van der Waals surface area contributed by atoms with Gasteiger partial charge in [-0.3, -0.25) is 10.1 Å².